The van der Waals surface area contributed by atoms with Crippen LogP contribution in [0.2, 0.25) is 0 Å². The Hall–Kier alpha value is -1.02. The highest BCUT2D eigenvalue weighted by Crippen LogP contribution is 2.14. The first-order valence-electron chi connectivity index (χ1n) is 3.99. The van der Waals surface area contributed by atoms with Gasteiger partial charge in [-0.3, -0.25) is 0 Å². The number of nitrogens with zero attached hydrogens (tertiary/aromatic N) is 3. The van der Waals surface area contributed by atoms with Gasteiger partial charge in [0, 0.05) is 24.5 Å². The molecule has 15 heavy (non-hydrogen) atoms. The zero-order valence-corrected chi connectivity index (χ0v) is 10.2. The van der Waals surface area contributed by atoms with Crippen LogP contribution in [0.4, 0.5) is 5.82 Å². The van der Waals surface area contributed by atoms with E-state index in [2.05, 4.69) is 20.9 Å². The second-order valence-corrected chi connectivity index (χ2v) is 3.70. The van der Waals surface area contributed by atoms with Gasteiger partial charge in [0.1, 0.15) is 12.8 Å². The third kappa shape index (κ3) is 2.72. The van der Waals surface area contributed by atoms with E-state index in [1.807, 2.05) is 0 Å². The van der Waals surface area contributed by atoms with Crippen LogP contribution < -0.4 is 0 Å². The molecule has 0 amide bonds. The molecule has 0 atom stereocenters. The van der Waals surface area contributed by atoms with Gasteiger partial charge in [-0.25, -0.2) is 4.98 Å². The van der Waals surface area contributed by atoms with Crippen molar-refractivity contribution < 1.29 is 9.66 Å². The molecule has 0 aromatic carbocycles. The fourth-order valence-corrected chi connectivity index (χ4v) is 1.45. The Bertz CT molecular complexity index is 393. The zero-order chi connectivity index (χ0) is 11.4. The van der Waals surface area contributed by atoms with Crippen LogP contribution in [-0.2, 0) is 4.74 Å². The Kier molecular flexibility index (Phi) is 4.15. The Morgan fingerprint density at radius 3 is 3.07 bits per heavy atom. The highest BCUT2D eigenvalue weighted by Gasteiger charge is 2.22. The molecule has 6 nitrogen and oxygen atoms in total. The maximum atomic E-state index is 10.6. The average molecular weight is 294 g/mol. The number of alkyl halides is 1. The summed E-state index contributed by atoms with van der Waals surface area (Å²) in [5, 5.41) is 11.3. The van der Waals surface area contributed by atoms with Gasteiger partial charge in [-0.05, 0) is 4.92 Å². The number of halogens is 1. The van der Waals surface area contributed by atoms with E-state index in [1.165, 1.54) is 4.57 Å². The van der Waals surface area contributed by atoms with Gasteiger partial charge >= 0.3 is 11.0 Å². The predicted molar refractivity (Wildman–Crippen MR) is 61.4 cm³/mol. The Morgan fingerprint density at radius 2 is 2.53 bits per heavy atom. The van der Waals surface area contributed by atoms with Gasteiger partial charge in [0.2, 0.25) is 5.82 Å². The topological polar surface area (TPSA) is 70.2 Å². The van der Waals surface area contributed by atoms with Crippen molar-refractivity contribution in [2.75, 3.05) is 11.9 Å². The Balaban J connectivity index is 2.96. The first kappa shape index (κ1) is 12.1. The van der Waals surface area contributed by atoms with Crippen LogP contribution in [-0.4, -0.2) is 31.6 Å². The van der Waals surface area contributed by atoms with Crippen LogP contribution in [0, 0.1) is 17.0 Å². The molecule has 1 rings (SSSR count). The molecule has 0 bridgehead atoms. The van der Waals surface area contributed by atoms with Crippen molar-refractivity contribution in [2.45, 2.75) is 6.92 Å². The lowest BCUT2D eigenvalue weighted by molar-refractivity contribution is -0.390. The lowest BCUT2D eigenvalue weighted by atomic mass is 10.7. The summed E-state index contributed by atoms with van der Waals surface area (Å²) in [5.41, 5.74) is 0. The number of aryl methyl sites for hydroxylation is 1. The van der Waals surface area contributed by atoms with Crippen molar-refractivity contribution >= 4 is 39.1 Å². The molecule has 1 aromatic heterocycles. The summed E-state index contributed by atoms with van der Waals surface area (Å²) in [6.45, 7) is 1.98. The molecule has 0 fully saturated rings. The molecular formula is C7H8BrN3O3S. The number of nitro groups is 1. The number of thiocarbonyl (C=S) groups is 1. The second-order valence-electron chi connectivity index (χ2n) is 2.56. The van der Waals surface area contributed by atoms with Crippen LogP contribution >= 0.6 is 28.1 Å². The molecule has 0 aliphatic heterocycles. The minimum atomic E-state index is -0.552. The molecule has 0 saturated carbocycles. The SMILES string of the molecule is Cc1ncc([N+](=O)[O-])n1C(=S)OCCBr. The number of ether oxygens (including phenoxy) is 1. The lowest BCUT2D eigenvalue weighted by Gasteiger charge is -2.04. The van der Waals surface area contributed by atoms with E-state index in [0.717, 1.165) is 6.20 Å². The average Bonchev–Trinajstić information content (AvgIpc) is 2.56. The van der Waals surface area contributed by atoms with Crippen molar-refractivity contribution in [1.29, 1.82) is 0 Å². The van der Waals surface area contributed by atoms with Crippen LogP contribution in [0.5, 0.6) is 0 Å². The molecule has 0 radical (unpaired) electrons. The van der Waals surface area contributed by atoms with Gasteiger partial charge in [0.15, 0.2) is 0 Å². The normalized spacial score (nSPS) is 10.0. The summed E-state index contributed by atoms with van der Waals surface area (Å²) in [6, 6.07) is 0. The summed E-state index contributed by atoms with van der Waals surface area (Å²) in [4.78, 5) is 13.9. The number of aromatic nitrogens is 2. The largest absolute Gasteiger partial charge is 0.452 e. The van der Waals surface area contributed by atoms with E-state index in [1.54, 1.807) is 6.92 Å². The van der Waals surface area contributed by atoms with Crippen LogP contribution in [0.1, 0.15) is 5.82 Å². The van der Waals surface area contributed by atoms with E-state index in [0.29, 0.717) is 17.8 Å². The van der Waals surface area contributed by atoms with Gasteiger partial charge in [0.25, 0.3) is 0 Å². The lowest BCUT2D eigenvalue weighted by Crippen LogP contribution is -2.17. The molecule has 8 heteroatoms. The standard InChI is InChI=1S/C7H8BrN3O3S/c1-5-9-4-6(11(12)13)10(5)7(15)14-3-2-8/h4H,2-3H2,1H3. The summed E-state index contributed by atoms with van der Waals surface area (Å²) in [5.74, 6) is 0.244. The first-order valence-corrected chi connectivity index (χ1v) is 5.52. The van der Waals surface area contributed by atoms with Gasteiger partial charge in [-0.2, -0.15) is 0 Å². The van der Waals surface area contributed by atoms with E-state index in [-0.39, 0.29) is 11.0 Å². The number of hydrogen-bond donors (Lipinski definition) is 0. The molecule has 0 saturated heterocycles. The molecule has 1 heterocycles. The first-order chi connectivity index (χ1) is 7.07. The van der Waals surface area contributed by atoms with E-state index < -0.39 is 4.92 Å². The Morgan fingerprint density at radius 1 is 1.87 bits per heavy atom. The van der Waals surface area contributed by atoms with Crippen molar-refractivity contribution in [3.05, 3.63) is 22.1 Å². The number of hydrogen-bond acceptors (Lipinski definition) is 5. The van der Waals surface area contributed by atoms with Crippen molar-refractivity contribution in [3.63, 3.8) is 0 Å². The molecule has 1 aromatic rings. The molecule has 82 valence electrons. The zero-order valence-electron chi connectivity index (χ0n) is 7.84. The van der Waals surface area contributed by atoms with E-state index in [9.17, 15) is 10.1 Å². The third-order valence-corrected chi connectivity index (χ3v) is 2.22. The van der Waals surface area contributed by atoms with Gasteiger partial charge < -0.3 is 14.9 Å². The second kappa shape index (κ2) is 5.17. The van der Waals surface area contributed by atoms with Gasteiger partial charge in [0.05, 0.1) is 0 Å². The maximum absolute atomic E-state index is 10.6. The van der Waals surface area contributed by atoms with Gasteiger partial charge in [-0.1, -0.05) is 15.9 Å². The monoisotopic (exact) mass is 293 g/mol. The summed E-state index contributed by atoms with van der Waals surface area (Å²) >= 11 is 8.07. The van der Waals surface area contributed by atoms with Crippen LogP contribution in [0.3, 0.4) is 0 Å². The number of imidazole rings is 1. The quantitative estimate of drug-likeness (QED) is 0.367. The smallest absolute Gasteiger partial charge is 0.362 e. The van der Waals surface area contributed by atoms with E-state index >= 15 is 0 Å². The Labute approximate surface area is 99.5 Å². The third-order valence-electron chi connectivity index (χ3n) is 1.59. The fourth-order valence-electron chi connectivity index (χ4n) is 0.977. The predicted octanol–water partition coefficient (Wildman–Crippen LogP) is 1.64. The van der Waals surface area contributed by atoms with Crippen molar-refractivity contribution in [3.8, 4) is 0 Å². The van der Waals surface area contributed by atoms with Crippen molar-refractivity contribution in [2.24, 2.45) is 0 Å². The molecular weight excluding hydrogens is 286 g/mol. The molecule has 0 aliphatic rings. The van der Waals surface area contributed by atoms with E-state index in [4.69, 9.17) is 17.0 Å². The van der Waals surface area contributed by atoms with Gasteiger partial charge in [-0.15, -0.1) is 4.57 Å². The van der Waals surface area contributed by atoms with Crippen LogP contribution in [0.25, 0.3) is 0 Å². The summed E-state index contributed by atoms with van der Waals surface area (Å²) in [7, 11) is 0. The minimum Gasteiger partial charge on any atom is -0.452 e. The minimum absolute atomic E-state index is 0.0381. The molecule has 0 N–H and O–H groups in total. The fraction of sp³-hybridized carbons (Fsp3) is 0.429. The van der Waals surface area contributed by atoms with Crippen molar-refractivity contribution in [1.82, 2.24) is 9.55 Å². The summed E-state index contributed by atoms with van der Waals surface area (Å²) < 4.78 is 6.30. The highest BCUT2D eigenvalue weighted by molar-refractivity contribution is 9.09. The molecule has 0 spiro atoms. The van der Waals surface area contributed by atoms with Crippen LogP contribution in [0.15, 0.2) is 6.20 Å². The maximum Gasteiger partial charge on any atom is 0.362 e. The highest BCUT2D eigenvalue weighted by atomic mass is 79.9. The molecule has 0 unspecified atom stereocenters. The summed E-state index contributed by atoms with van der Waals surface area (Å²) in [6.07, 6.45) is 1.15. The molecule has 0 aliphatic carbocycles. The number of rotatable bonds is 3.